The van der Waals surface area contributed by atoms with Crippen molar-refractivity contribution in [2.45, 2.75) is 26.5 Å². The van der Waals surface area contributed by atoms with E-state index in [4.69, 9.17) is 4.74 Å². The Hall–Kier alpha value is -0.830. The van der Waals surface area contributed by atoms with Crippen LogP contribution < -0.4 is 0 Å². The summed E-state index contributed by atoms with van der Waals surface area (Å²) in [5, 5.41) is 0. The molecule has 0 saturated heterocycles. The van der Waals surface area contributed by atoms with Crippen molar-refractivity contribution >= 4 is 0 Å². The van der Waals surface area contributed by atoms with E-state index in [1.807, 2.05) is 17.7 Å². The second-order valence-corrected chi connectivity index (χ2v) is 2.53. The van der Waals surface area contributed by atoms with Gasteiger partial charge in [-0.1, -0.05) is 0 Å². The van der Waals surface area contributed by atoms with Crippen LogP contribution in [0.3, 0.4) is 0 Å². The minimum atomic E-state index is 0.272. The van der Waals surface area contributed by atoms with Gasteiger partial charge in [0.15, 0.2) is 0 Å². The second kappa shape index (κ2) is 4.13. The maximum atomic E-state index is 5.37. The van der Waals surface area contributed by atoms with Gasteiger partial charge in [-0.2, -0.15) is 0 Å². The first kappa shape index (κ1) is 8.27. The molecule has 0 N–H and O–H groups in total. The molecule has 1 aromatic rings. The Morgan fingerprint density at radius 2 is 2.45 bits per heavy atom. The third-order valence-electron chi connectivity index (χ3n) is 1.48. The molecular formula is C8H14N2O. The van der Waals surface area contributed by atoms with E-state index in [1.54, 1.807) is 12.5 Å². The van der Waals surface area contributed by atoms with Crippen LogP contribution >= 0.6 is 0 Å². The van der Waals surface area contributed by atoms with Crippen molar-refractivity contribution in [3.8, 4) is 0 Å². The normalized spacial score (nSPS) is 13.3. The number of aromatic nitrogens is 2. The molecule has 1 rings (SSSR count). The molecule has 0 aliphatic rings. The monoisotopic (exact) mass is 154 g/mol. The minimum Gasteiger partial charge on any atom is -0.377 e. The van der Waals surface area contributed by atoms with E-state index in [2.05, 4.69) is 11.9 Å². The average molecular weight is 154 g/mol. The van der Waals surface area contributed by atoms with Gasteiger partial charge < -0.3 is 9.30 Å². The molecule has 1 heterocycles. The summed E-state index contributed by atoms with van der Waals surface area (Å²) in [4.78, 5) is 3.94. The van der Waals surface area contributed by atoms with Crippen molar-refractivity contribution in [1.82, 2.24) is 9.55 Å². The molecule has 1 unspecified atom stereocenters. The van der Waals surface area contributed by atoms with Gasteiger partial charge in [0, 0.05) is 25.5 Å². The maximum Gasteiger partial charge on any atom is 0.0946 e. The fourth-order valence-electron chi connectivity index (χ4n) is 1.03. The van der Waals surface area contributed by atoms with Crippen molar-refractivity contribution in [3.63, 3.8) is 0 Å². The highest BCUT2D eigenvalue weighted by atomic mass is 16.5. The number of nitrogens with zero attached hydrogens (tertiary/aromatic N) is 2. The van der Waals surface area contributed by atoms with Gasteiger partial charge in [-0.3, -0.25) is 0 Å². The Labute approximate surface area is 67.0 Å². The summed E-state index contributed by atoms with van der Waals surface area (Å²) in [6, 6.07) is 0. The highest BCUT2D eigenvalue weighted by Gasteiger charge is 1.99. The first-order valence-corrected chi connectivity index (χ1v) is 3.90. The van der Waals surface area contributed by atoms with E-state index < -0.39 is 0 Å². The van der Waals surface area contributed by atoms with Gasteiger partial charge in [-0.25, -0.2) is 4.98 Å². The van der Waals surface area contributed by atoms with Crippen LogP contribution in [0.5, 0.6) is 0 Å². The number of hydrogen-bond donors (Lipinski definition) is 0. The van der Waals surface area contributed by atoms with Crippen LogP contribution in [-0.2, 0) is 11.3 Å². The molecule has 0 radical (unpaired) electrons. The molecule has 1 atom stereocenters. The van der Waals surface area contributed by atoms with Crippen LogP contribution in [0.25, 0.3) is 0 Å². The molecule has 11 heavy (non-hydrogen) atoms. The molecule has 0 saturated carbocycles. The molecule has 3 nitrogen and oxygen atoms in total. The highest BCUT2D eigenvalue weighted by Crippen LogP contribution is 1.95. The molecule has 0 amide bonds. The van der Waals surface area contributed by atoms with E-state index >= 15 is 0 Å². The maximum absolute atomic E-state index is 5.37. The summed E-state index contributed by atoms with van der Waals surface area (Å²) in [6.07, 6.45) is 5.79. The van der Waals surface area contributed by atoms with Crippen LogP contribution in [0.1, 0.15) is 13.8 Å². The summed E-state index contributed by atoms with van der Waals surface area (Å²) in [5.74, 6) is 0. The fraction of sp³-hybridized carbons (Fsp3) is 0.625. The number of imidazole rings is 1. The summed E-state index contributed by atoms with van der Waals surface area (Å²) in [5.41, 5.74) is 0. The van der Waals surface area contributed by atoms with Crippen LogP contribution in [0.4, 0.5) is 0 Å². The first-order valence-electron chi connectivity index (χ1n) is 3.90. The van der Waals surface area contributed by atoms with Crippen LogP contribution in [0, 0.1) is 0 Å². The van der Waals surface area contributed by atoms with Crippen molar-refractivity contribution in [1.29, 1.82) is 0 Å². The van der Waals surface area contributed by atoms with E-state index in [1.165, 1.54) is 0 Å². The molecule has 0 spiro atoms. The van der Waals surface area contributed by atoms with Crippen molar-refractivity contribution in [3.05, 3.63) is 18.7 Å². The average Bonchev–Trinajstić information content (AvgIpc) is 2.40. The zero-order chi connectivity index (χ0) is 8.10. The number of rotatable bonds is 4. The minimum absolute atomic E-state index is 0.272. The largest absolute Gasteiger partial charge is 0.377 e. The Morgan fingerprint density at radius 1 is 1.64 bits per heavy atom. The molecule has 3 heteroatoms. The molecule has 0 bridgehead atoms. The smallest absolute Gasteiger partial charge is 0.0946 e. The van der Waals surface area contributed by atoms with Crippen molar-refractivity contribution in [2.75, 3.05) is 6.61 Å². The third kappa shape index (κ3) is 2.72. The Kier molecular flexibility index (Phi) is 3.11. The van der Waals surface area contributed by atoms with Gasteiger partial charge in [-0.15, -0.1) is 0 Å². The Morgan fingerprint density at radius 3 is 3.00 bits per heavy atom. The van der Waals surface area contributed by atoms with Gasteiger partial charge >= 0.3 is 0 Å². The lowest BCUT2D eigenvalue weighted by Gasteiger charge is -2.11. The lowest BCUT2D eigenvalue weighted by atomic mass is 10.4. The van der Waals surface area contributed by atoms with Crippen LogP contribution in [-0.4, -0.2) is 22.3 Å². The van der Waals surface area contributed by atoms with Gasteiger partial charge in [0.25, 0.3) is 0 Å². The topological polar surface area (TPSA) is 27.1 Å². The van der Waals surface area contributed by atoms with Crippen molar-refractivity contribution < 1.29 is 4.74 Å². The molecule has 0 aliphatic carbocycles. The summed E-state index contributed by atoms with van der Waals surface area (Å²) >= 11 is 0. The zero-order valence-corrected chi connectivity index (χ0v) is 7.03. The van der Waals surface area contributed by atoms with Crippen LogP contribution in [0.2, 0.25) is 0 Å². The van der Waals surface area contributed by atoms with E-state index in [0.717, 1.165) is 13.2 Å². The molecular weight excluding hydrogens is 140 g/mol. The van der Waals surface area contributed by atoms with E-state index in [0.29, 0.717) is 0 Å². The van der Waals surface area contributed by atoms with Gasteiger partial charge in [-0.05, 0) is 13.8 Å². The van der Waals surface area contributed by atoms with Gasteiger partial charge in [0.05, 0.1) is 12.4 Å². The summed E-state index contributed by atoms with van der Waals surface area (Å²) in [6.45, 7) is 5.72. The predicted octanol–water partition coefficient (Wildman–Crippen LogP) is 1.31. The quantitative estimate of drug-likeness (QED) is 0.653. The lowest BCUT2D eigenvalue weighted by molar-refractivity contribution is 0.0640. The standard InChI is InChI=1S/C8H14N2O/c1-3-11-8(2)6-10-5-4-9-7-10/h4-5,7-8H,3,6H2,1-2H3. The molecule has 62 valence electrons. The van der Waals surface area contributed by atoms with Gasteiger partial charge in [0.1, 0.15) is 0 Å². The lowest BCUT2D eigenvalue weighted by Crippen LogP contribution is -2.15. The first-order chi connectivity index (χ1) is 5.33. The predicted molar refractivity (Wildman–Crippen MR) is 43.3 cm³/mol. The Bertz CT molecular complexity index is 184. The Balaban J connectivity index is 2.31. The van der Waals surface area contributed by atoms with Crippen LogP contribution in [0.15, 0.2) is 18.7 Å². The zero-order valence-electron chi connectivity index (χ0n) is 7.03. The highest BCUT2D eigenvalue weighted by molar-refractivity contribution is 4.74. The van der Waals surface area contributed by atoms with Crippen molar-refractivity contribution in [2.24, 2.45) is 0 Å². The van der Waals surface area contributed by atoms with Gasteiger partial charge in [0.2, 0.25) is 0 Å². The van der Waals surface area contributed by atoms with E-state index in [-0.39, 0.29) is 6.10 Å². The molecule has 0 aliphatic heterocycles. The SMILES string of the molecule is CCOC(C)Cn1ccnc1. The molecule has 1 aromatic heterocycles. The fourth-order valence-corrected chi connectivity index (χ4v) is 1.03. The second-order valence-electron chi connectivity index (χ2n) is 2.53. The molecule has 0 aromatic carbocycles. The number of ether oxygens (including phenoxy) is 1. The summed E-state index contributed by atoms with van der Waals surface area (Å²) < 4.78 is 7.38. The summed E-state index contributed by atoms with van der Waals surface area (Å²) in [7, 11) is 0. The van der Waals surface area contributed by atoms with E-state index in [9.17, 15) is 0 Å². The third-order valence-corrected chi connectivity index (χ3v) is 1.48. The molecule has 0 fully saturated rings. The number of hydrogen-bond acceptors (Lipinski definition) is 2.